The predicted octanol–water partition coefficient (Wildman–Crippen LogP) is 0.0496. The zero-order valence-corrected chi connectivity index (χ0v) is 6.80. The van der Waals surface area contributed by atoms with Gasteiger partial charge in [-0.3, -0.25) is 0 Å². The van der Waals surface area contributed by atoms with E-state index in [2.05, 4.69) is 11.0 Å². The summed E-state index contributed by atoms with van der Waals surface area (Å²) in [5.74, 6) is 0. The summed E-state index contributed by atoms with van der Waals surface area (Å²) in [6.45, 7) is 3.09. The lowest BCUT2D eigenvalue weighted by Crippen LogP contribution is -2.08. The minimum atomic E-state index is -3.42. The van der Waals surface area contributed by atoms with Crippen LogP contribution in [0.1, 0.15) is 0 Å². The zero-order chi connectivity index (χ0) is 8.20. The molecule has 58 valence electrons. The highest BCUT2D eigenvalue weighted by molar-refractivity contribution is 7.93. The molecule has 4 nitrogen and oxygen atoms in total. The van der Waals surface area contributed by atoms with Crippen molar-refractivity contribution in [2.45, 2.75) is 0 Å². The van der Waals surface area contributed by atoms with E-state index in [-0.39, 0.29) is 0 Å². The van der Waals surface area contributed by atoms with Crippen LogP contribution >= 0.6 is 0 Å². The van der Waals surface area contributed by atoms with Gasteiger partial charge in [0.05, 0.1) is 0 Å². The number of nitrogens with zero attached hydrogens (tertiary/aromatic N) is 2. The molecule has 0 aliphatic rings. The Morgan fingerprint density at radius 1 is 1.50 bits per heavy atom. The summed E-state index contributed by atoms with van der Waals surface area (Å²) in [4.78, 5) is 1.53. The summed E-state index contributed by atoms with van der Waals surface area (Å²) >= 11 is 0. The van der Waals surface area contributed by atoms with Crippen molar-refractivity contribution in [3.05, 3.63) is 12.0 Å². The van der Waals surface area contributed by atoms with Crippen LogP contribution in [0.2, 0.25) is 0 Å². The molecule has 0 N–H and O–H groups in total. The molecule has 0 aliphatic heterocycles. The van der Waals surface area contributed by atoms with E-state index >= 15 is 0 Å². The fourth-order valence-corrected chi connectivity index (χ4v) is 0.609. The van der Waals surface area contributed by atoms with Crippen LogP contribution in [0.25, 0.3) is 0 Å². The summed E-state index contributed by atoms with van der Waals surface area (Å²) in [5.41, 5.74) is 0. The summed E-state index contributed by atoms with van der Waals surface area (Å²) < 4.78 is 24.4. The normalized spacial score (nSPS) is 11.8. The van der Waals surface area contributed by atoms with Crippen LogP contribution < -0.4 is 0 Å². The molecule has 10 heavy (non-hydrogen) atoms. The minimum Gasteiger partial charge on any atom is -0.368 e. The van der Waals surface area contributed by atoms with Gasteiger partial charge in [0, 0.05) is 19.5 Å². The maximum absolute atomic E-state index is 10.6. The smallest absolute Gasteiger partial charge is 0.276 e. The van der Waals surface area contributed by atoms with E-state index in [0.29, 0.717) is 0 Å². The lowest BCUT2D eigenvalue weighted by molar-refractivity contribution is 0.603. The molecule has 0 spiro atoms. The highest BCUT2D eigenvalue weighted by Crippen LogP contribution is 1.89. The van der Waals surface area contributed by atoms with Gasteiger partial charge in [0.2, 0.25) is 0 Å². The molecule has 0 aromatic heterocycles. The second-order valence-electron chi connectivity index (χ2n) is 1.87. The molecule has 0 bridgehead atoms. The van der Waals surface area contributed by atoms with Gasteiger partial charge in [-0.05, 0) is 0 Å². The first-order valence-corrected chi connectivity index (χ1v) is 4.07. The molecule has 0 saturated heterocycles. The SMILES string of the molecule is C=CS(=O)(=O)N=CN(C)C. The quantitative estimate of drug-likeness (QED) is 0.435. The Labute approximate surface area is 60.9 Å². The van der Waals surface area contributed by atoms with Crippen molar-refractivity contribution >= 4 is 16.4 Å². The van der Waals surface area contributed by atoms with Gasteiger partial charge in [0.15, 0.2) is 0 Å². The van der Waals surface area contributed by atoms with E-state index < -0.39 is 10.0 Å². The molecule has 0 radical (unpaired) electrons. The molecule has 5 heteroatoms. The third-order valence-electron chi connectivity index (χ3n) is 0.636. The van der Waals surface area contributed by atoms with Crippen LogP contribution in [0, 0.1) is 0 Å². The Morgan fingerprint density at radius 3 is 2.30 bits per heavy atom. The van der Waals surface area contributed by atoms with Crippen molar-refractivity contribution in [2.24, 2.45) is 4.40 Å². The van der Waals surface area contributed by atoms with E-state index in [1.165, 1.54) is 11.2 Å². The molecule has 0 unspecified atom stereocenters. The van der Waals surface area contributed by atoms with Crippen LogP contribution in [0.15, 0.2) is 16.4 Å². The van der Waals surface area contributed by atoms with Gasteiger partial charge in [-0.1, -0.05) is 6.58 Å². The maximum Gasteiger partial charge on any atom is 0.276 e. The molecule has 0 amide bonds. The molecule has 0 rings (SSSR count). The molecular formula is C5H10N2O2S. The number of rotatable bonds is 3. The van der Waals surface area contributed by atoms with Crippen molar-refractivity contribution in [3.8, 4) is 0 Å². The first-order valence-electron chi connectivity index (χ1n) is 2.57. The van der Waals surface area contributed by atoms with Gasteiger partial charge in [0.25, 0.3) is 10.0 Å². The molecule has 0 fully saturated rings. The Bertz CT molecular complexity index is 228. The highest BCUT2D eigenvalue weighted by Gasteiger charge is 1.96. The van der Waals surface area contributed by atoms with E-state index in [1.807, 2.05) is 0 Å². The van der Waals surface area contributed by atoms with Gasteiger partial charge in [-0.25, -0.2) is 0 Å². The van der Waals surface area contributed by atoms with Gasteiger partial charge in [-0.2, -0.15) is 12.8 Å². The molecule has 0 heterocycles. The van der Waals surface area contributed by atoms with Gasteiger partial charge in [-0.15, -0.1) is 0 Å². The molecular weight excluding hydrogens is 152 g/mol. The second-order valence-corrected chi connectivity index (χ2v) is 3.44. The van der Waals surface area contributed by atoms with Gasteiger partial charge in [0.1, 0.15) is 6.34 Å². The van der Waals surface area contributed by atoms with Crippen molar-refractivity contribution in [1.29, 1.82) is 0 Å². The first kappa shape index (κ1) is 9.16. The molecule has 0 aliphatic carbocycles. The summed E-state index contributed by atoms with van der Waals surface area (Å²) in [6.07, 6.45) is 1.21. The van der Waals surface area contributed by atoms with Crippen molar-refractivity contribution in [3.63, 3.8) is 0 Å². The molecule has 0 aromatic rings. The summed E-state index contributed by atoms with van der Waals surface area (Å²) in [7, 11) is -0.0576. The third kappa shape index (κ3) is 4.08. The van der Waals surface area contributed by atoms with Crippen molar-refractivity contribution in [1.82, 2.24) is 4.90 Å². The maximum atomic E-state index is 10.6. The Hall–Kier alpha value is -0.840. The Balaban J connectivity index is 4.29. The largest absolute Gasteiger partial charge is 0.368 e. The van der Waals surface area contributed by atoms with Crippen LogP contribution in [-0.4, -0.2) is 33.8 Å². The van der Waals surface area contributed by atoms with Crippen molar-refractivity contribution < 1.29 is 8.42 Å². The fourth-order valence-electron chi connectivity index (χ4n) is 0.203. The van der Waals surface area contributed by atoms with Crippen molar-refractivity contribution in [2.75, 3.05) is 14.1 Å². The summed E-state index contributed by atoms with van der Waals surface area (Å²) in [6, 6.07) is 0. The molecule has 0 atom stereocenters. The Morgan fingerprint density at radius 2 is 2.00 bits per heavy atom. The van der Waals surface area contributed by atoms with Gasteiger partial charge < -0.3 is 4.90 Å². The van der Waals surface area contributed by atoms with E-state index in [4.69, 9.17) is 0 Å². The topological polar surface area (TPSA) is 49.7 Å². The van der Waals surface area contributed by atoms with Crippen LogP contribution in [0.3, 0.4) is 0 Å². The number of hydrogen-bond acceptors (Lipinski definition) is 2. The van der Waals surface area contributed by atoms with Gasteiger partial charge >= 0.3 is 0 Å². The standard InChI is InChI=1S/C5H10N2O2S/c1-4-10(8,9)6-5-7(2)3/h4-5H,1H2,2-3H3. The third-order valence-corrected chi connectivity index (χ3v) is 1.44. The van der Waals surface area contributed by atoms with Crippen LogP contribution in [0.4, 0.5) is 0 Å². The average molecular weight is 162 g/mol. The average Bonchev–Trinajstić information content (AvgIpc) is 1.85. The van der Waals surface area contributed by atoms with Crippen LogP contribution in [0.5, 0.6) is 0 Å². The monoisotopic (exact) mass is 162 g/mol. The van der Waals surface area contributed by atoms with E-state index in [1.54, 1.807) is 14.1 Å². The molecule has 0 aromatic carbocycles. The summed E-state index contributed by atoms with van der Waals surface area (Å²) in [5, 5.41) is 0.799. The van der Waals surface area contributed by atoms with E-state index in [9.17, 15) is 8.42 Å². The predicted molar refractivity (Wildman–Crippen MR) is 41.3 cm³/mol. The Kier molecular flexibility index (Phi) is 3.08. The zero-order valence-electron chi connectivity index (χ0n) is 5.98. The lowest BCUT2D eigenvalue weighted by Gasteiger charge is -1.99. The van der Waals surface area contributed by atoms with E-state index in [0.717, 1.165) is 5.41 Å². The first-order chi connectivity index (χ1) is 4.48. The number of hydrogen-bond donors (Lipinski definition) is 0. The number of sulfonamides is 1. The highest BCUT2D eigenvalue weighted by atomic mass is 32.2. The van der Waals surface area contributed by atoms with Crippen LogP contribution in [-0.2, 0) is 10.0 Å². The fraction of sp³-hybridized carbons (Fsp3) is 0.400. The minimum absolute atomic E-state index is 0.799. The molecule has 0 saturated carbocycles. The second kappa shape index (κ2) is 3.36. The lowest BCUT2D eigenvalue weighted by atomic mass is 11.0.